The number of hydrogen-bond donors (Lipinski definition) is 1. The molecular weight excluding hydrogens is 362 g/mol. The van der Waals surface area contributed by atoms with Crippen molar-refractivity contribution in [2.24, 2.45) is 0 Å². The highest BCUT2D eigenvalue weighted by molar-refractivity contribution is 7.90. The lowest BCUT2D eigenvalue weighted by atomic mass is 10.1. The molecule has 7 heteroatoms. The topological polar surface area (TPSA) is 72.5 Å². The first-order valence-corrected chi connectivity index (χ1v) is 10.0. The molecule has 25 heavy (non-hydrogen) atoms. The predicted octanol–water partition coefficient (Wildman–Crippen LogP) is 3.63. The van der Waals surface area contributed by atoms with Crippen LogP contribution in [0.5, 0.6) is 5.75 Å². The van der Waals surface area contributed by atoms with Crippen LogP contribution in [0.2, 0.25) is 5.02 Å². The van der Waals surface area contributed by atoms with Gasteiger partial charge >= 0.3 is 0 Å². The van der Waals surface area contributed by atoms with Gasteiger partial charge in [0.05, 0.1) is 22.6 Å². The molecule has 0 aliphatic carbocycles. The smallest absolute Gasteiger partial charge is 0.251 e. The summed E-state index contributed by atoms with van der Waals surface area (Å²) in [6.45, 7) is 4.17. The summed E-state index contributed by atoms with van der Waals surface area (Å²) in [7, 11) is -3.24. The number of ether oxygens (including phenoxy) is 1. The van der Waals surface area contributed by atoms with Crippen molar-refractivity contribution in [2.75, 3.05) is 12.9 Å². The van der Waals surface area contributed by atoms with E-state index in [0.29, 0.717) is 22.9 Å². The minimum Gasteiger partial charge on any atom is -0.492 e. The summed E-state index contributed by atoms with van der Waals surface area (Å²) in [5, 5.41) is 3.24. The van der Waals surface area contributed by atoms with E-state index in [1.165, 1.54) is 12.1 Å². The highest BCUT2D eigenvalue weighted by atomic mass is 35.5. The third-order valence-electron chi connectivity index (χ3n) is 3.65. The Morgan fingerprint density at radius 3 is 2.36 bits per heavy atom. The van der Waals surface area contributed by atoms with Gasteiger partial charge in [0.1, 0.15) is 5.75 Å². The van der Waals surface area contributed by atoms with E-state index in [0.717, 1.165) is 11.8 Å². The molecule has 0 fully saturated rings. The van der Waals surface area contributed by atoms with Crippen LogP contribution >= 0.6 is 11.6 Å². The van der Waals surface area contributed by atoms with Gasteiger partial charge in [0.15, 0.2) is 9.84 Å². The van der Waals surface area contributed by atoms with Crippen LogP contribution in [0.1, 0.15) is 35.8 Å². The van der Waals surface area contributed by atoms with Crippen LogP contribution in [0.4, 0.5) is 0 Å². The second-order valence-corrected chi connectivity index (χ2v) is 8.04. The van der Waals surface area contributed by atoms with Crippen LogP contribution < -0.4 is 10.1 Å². The lowest BCUT2D eigenvalue weighted by Crippen LogP contribution is -2.26. The second kappa shape index (κ2) is 7.89. The molecule has 0 radical (unpaired) electrons. The molecule has 2 rings (SSSR count). The number of carbonyl (C=O) groups is 1. The monoisotopic (exact) mass is 381 g/mol. The molecule has 2 aromatic rings. The standard InChI is InChI=1S/C18H20ClNO4S/c1-4-24-17-10-7-14(11-16(17)19)18(21)20-12(2)13-5-8-15(9-6-13)25(3,22)23/h5-12H,4H2,1-3H3,(H,20,21)/t12-/m0/s1. The molecule has 1 atom stereocenters. The van der Waals surface area contributed by atoms with Crippen LogP contribution in [0.3, 0.4) is 0 Å². The summed E-state index contributed by atoms with van der Waals surface area (Å²) in [5.41, 5.74) is 1.23. The summed E-state index contributed by atoms with van der Waals surface area (Å²) in [6.07, 6.45) is 1.16. The van der Waals surface area contributed by atoms with Gasteiger partial charge in [-0.1, -0.05) is 23.7 Å². The number of sulfone groups is 1. The normalized spacial score (nSPS) is 12.5. The molecular formula is C18H20ClNO4S. The SMILES string of the molecule is CCOc1ccc(C(=O)N[C@@H](C)c2ccc(S(C)(=O)=O)cc2)cc1Cl. The number of nitrogens with one attached hydrogen (secondary N) is 1. The van der Waals surface area contributed by atoms with Gasteiger partial charge in [-0.05, 0) is 49.7 Å². The van der Waals surface area contributed by atoms with Gasteiger partial charge in [-0.3, -0.25) is 4.79 Å². The maximum absolute atomic E-state index is 12.4. The number of halogens is 1. The molecule has 0 saturated carbocycles. The Morgan fingerprint density at radius 2 is 1.84 bits per heavy atom. The van der Waals surface area contributed by atoms with Crippen molar-refractivity contribution in [3.63, 3.8) is 0 Å². The zero-order valence-electron chi connectivity index (χ0n) is 14.2. The molecule has 0 heterocycles. The Balaban J connectivity index is 2.10. The fraction of sp³-hybridized carbons (Fsp3) is 0.278. The summed E-state index contributed by atoms with van der Waals surface area (Å²) in [4.78, 5) is 12.6. The summed E-state index contributed by atoms with van der Waals surface area (Å²) < 4.78 is 28.3. The molecule has 2 aromatic carbocycles. The van der Waals surface area contributed by atoms with Crippen molar-refractivity contribution < 1.29 is 17.9 Å². The van der Waals surface area contributed by atoms with Crippen LogP contribution in [0.25, 0.3) is 0 Å². The largest absolute Gasteiger partial charge is 0.492 e. The first-order chi connectivity index (χ1) is 11.7. The molecule has 1 amide bonds. The average Bonchev–Trinajstić information content (AvgIpc) is 2.56. The van der Waals surface area contributed by atoms with Crippen LogP contribution in [-0.2, 0) is 9.84 Å². The number of benzene rings is 2. The highest BCUT2D eigenvalue weighted by Crippen LogP contribution is 2.26. The minimum atomic E-state index is -3.24. The van der Waals surface area contributed by atoms with Gasteiger partial charge in [-0.15, -0.1) is 0 Å². The minimum absolute atomic E-state index is 0.244. The number of carbonyl (C=O) groups excluding carboxylic acids is 1. The first-order valence-electron chi connectivity index (χ1n) is 7.75. The summed E-state index contributed by atoms with van der Waals surface area (Å²) >= 11 is 6.10. The van der Waals surface area contributed by atoms with Gasteiger partial charge in [-0.25, -0.2) is 8.42 Å². The predicted molar refractivity (Wildman–Crippen MR) is 98.1 cm³/mol. The highest BCUT2D eigenvalue weighted by Gasteiger charge is 2.14. The molecule has 0 aliphatic rings. The van der Waals surface area contributed by atoms with E-state index >= 15 is 0 Å². The van der Waals surface area contributed by atoms with Crippen molar-refractivity contribution in [2.45, 2.75) is 24.8 Å². The van der Waals surface area contributed by atoms with Gasteiger partial charge in [-0.2, -0.15) is 0 Å². The quantitative estimate of drug-likeness (QED) is 0.829. The average molecular weight is 382 g/mol. The molecule has 0 spiro atoms. The molecule has 0 aromatic heterocycles. The molecule has 0 aliphatic heterocycles. The maximum Gasteiger partial charge on any atom is 0.251 e. The van der Waals surface area contributed by atoms with Crippen molar-refractivity contribution in [1.82, 2.24) is 5.32 Å². The van der Waals surface area contributed by atoms with E-state index in [2.05, 4.69) is 5.32 Å². The number of amides is 1. The van der Waals surface area contributed by atoms with Gasteiger partial charge in [0.2, 0.25) is 0 Å². The number of rotatable bonds is 6. The Morgan fingerprint density at radius 1 is 1.20 bits per heavy atom. The van der Waals surface area contributed by atoms with Gasteiger partial charge < -0.3 is 10.1 Å². The Kier molecular flexibility index (Phi) is 6.08. The van der Waals surface area contributed by atoms with Crippen molar-refractivity contribution >= 4 is 27.3 Å². The Bertz CT molecular complexity index is 863. The van der Waals surface area contributed by atoms with Crippen LogP contribution in [0, 0.1) is 0 Å². The van der Waals surface area contributed by atoms with E-state index in [1.54, 1.807) is 30.3 Å². The Labute approximate surface area is 152 Å². The van der Waals surface area contributed by atoms with Crippen LogP contribution in [-0.4, -0.2) is 27.2 Å². The summed E-state index contributed by atoms with van der Waals surface area (Å²) in [5.74, 6) is 0.259. The van der Waals surface area contributed by atoms with E-state index < -0.39 is 9.84 Å². The van der Waals surface area contributed by atoms with Crippen molar-refractivity contribution in [1.29, 1.82) is 0 Å². The zero-order valence-corrected chi connectivity index (χ0v) is 15.8. The molecule has 0 bridgehead atoms. The lowest BCUT2D eigenvalue weighted by Gasteiger charge is -2.15. The maximum atomic E-state index is 12.4. The second-order valence-electron chi connectivity index (χ2n) is 5.61. The van der Waals surface area contributed by atoms with Gasteiger partial charge in [0.25, 0.3) is 5.91 Å². The molecule has 5 nitrogen and oxygen atoms in total. The van der Waals surface area contributed by atoms with Crippen molar-refractivity contribution in [3.05, 3.63) is 58.6 Å². The third kappa shape index (κ3) is 4.96. The van der Waals surface area contributed by atoms with Crippen LogP contribution in [0.15, 0.2) is 47.4 Å². The number of hydrogen-bond acceptors (Lipinski definition) is 4. The van der Waals surface area contributed by atoms with Crippen molar-refractivity contribution in [3.8, 4) is 5.75 Å². The lowest BCUT2D eigenvalue weighted by molar-refractivity contribution is 0.0940. The zero-order chi connectivity index (χ0) is 18.6. The van der Waals surface area contributed by atoms with E-state index in [9.17, 15) is 13.2 Å². The van der Waals surface area contributed by atoms with E-state index in [1.807, 2.05) is 13.8 Å². The summed E-state index contributed by atoms with van der Waals surface area (Å²) in [6, 6.07) is 11.0. The molecule has 0 unspecified atom stereocenters. The first kappa shape index (κ1) is 19.3. The Hall–Kier alpha value is -2.05. The van der Waals surface area contributed by atoms with E-state index in [4.69, 9.17) is 16.3 Å². The molecule has 0 saturated heterocycles. The molecule has 134 valence electrons. The molecule has 1 N–H and O–H groups in total. The van der Waals surface area contributed by atoms with Gasteiger partial charge in [0, 0.05) is 11.8 Å². The fourth-order valence-electron chi connectivity index (χ4n) is 2.28. The van der Waals surface area contributed by atoms with E-state index in [-0.39, 0.29) is 16.8 Å². The fourth-order valence-corrected chi connectivity index (χ4v) is 3.15. The third-order valence-corrected chi connectivity index (χ3v) is 5.07.